The SMILES string of the molecule is CC(C)COC(=O)/C(C#N)=C1\Nc2ccccc2NC1=O. The molecule has 6 nitrogen and oxygen atoms in total. The molecule has 0 aromatic heterocycles. The Morgan fingerprint density at radius 2 is 1.90 bits per heavy atom. The van der Waals surface area contributed by atoms with Crippen molar-refractivity contribution >= 4 is 23.3 Å². The van der Waals surface area contributed by atoms with Gasteiger partial charge in [0.25, 0.3) is 5.91 Å². The van der Waals surface area contributed by atoms with Gasteiger partial charge in [-0.1, -0.05) is 26.0 Å². The van der Waals surface area contributed by atoms with E-state index in [2.05, 4.69) is 10.6 Å². The van der Waals surface area contributed by atoms with E-state index in [1.54, 1.807) is 30.3 Å². The fraction of sp³-hybridized carbons (Fsp3) is 0.267. The lowest BCUT2D eigenvalue weighted by Crippen LogP contribution is -2.29. The Kier molecular flexibility index (Phi) is 4.24. The molecule has 1 aromatic carbocycles. The van der Waals surface area contributed by atoms with Crippen LogP contribution in [0.2, 0.25) is 0 Å². The van der Waals surface area contributed by atoms with Gasteiger partial charge >= 0.3 is 5.97 Å². The Labute approximate surface area is 122 Å². The summed E-state index contributed by atoms with van der Waals surface area (Å²) in [7, 11) is 0. The third-order valence-corrected chi connectivity index (χ3v) is 2.78. The predicted octanol–water partition coefficient (Wildman–Crippen LogP) is 2.03. The molecule has 1 aliphatic heterocycles. The molecular weight excluding hydrogens is 270 g/mol. The zero-order valence-electron chi connectivity index (χ0n) is 11.8. The number of hydrogen-bond donors (Lipinski definition) is 2. The van der Waals surface area contributed by atoms with Gasteiger partial charge in [-0.25, -0.2) is 4.79 Å². The summed E-state index contributed by atoms with van der Waals surface area (Å²) in [6, 6.07) is 8.76. The van der Waals surface area contributed by atoms with Crippen molar-refractivity contribution in [2.45, 2.75) is 13.8 Å². The van der Waals surface area contributed by atoms with Crippen LogP contribution in [0.5, 0.6) is 0 Å². The molecule has 0 unspecified atom stereocenters. The fourth-order valence-corrected chi connectivity index (χ4v) is 1.77. The van der Waals surface area contributed by atoms with Gasteiger partial charge in [-0.3, -0.25) is 4.79 Å². The van der Waals surface area contributed by atoms with Gasteiger partial charge < -0.3 is 15.4 Å². The number of nitrogens with zero attached hydrogens (tertiary/aromatic N) is 1. The summed E-state index contributed by atoms with van der Waals surface area (Å²) >= 11 is 0. The minimum absolute atomic E-state index is 0.0926. The monoisotopic (exact) mass is 285 g/mol. The molecule has 0 fully saturated rings. The van der Waals surface area contributed by atoms with Crippen molar-refractivity contribution in [3.05, 3.63) is 35.5 Å². The summed E-state index contributed by atoms with van der Waals surface area (Å²) in [6.07, 6.45) is 0. The first kappa shape index (κ1) is 14.6. The van der Waals surface area contributed by atoms with Crippen molar-refractivity contribution in [1.29, 1.82) is 5.26 Å². The molecule has 2 rings (SSSR count). The van der Waals surface area contributed by atoms with E-state index in [4.69, 9.17) is 10.00 Å². The van der Waals surface area contributed by atoms with Gasteiger partial charge in [-0.15, -0.1) is 0 Å². The van der Waals surface area contributed by atoms with Crippen LogP contribution in [0.1, 0.15) is 13.8 Å². The number of para-hydroxylation sites is 2. The van der Waals surface area contributed by atoms with Crippen LogP contribution in [-0.2, 0) is 14.3 Å². The molecule has 0 spiro atoms. The summed E-state index contributed by atoms with van der Waals surface area (Å²) in [5.74, 6) is -1.19. The number of esters is 1. The maximum Gasteiger partial charge on any atom is 0.351 e. The molecule has 0 bridgehead atoms. The van der Waals surface area contributed by atoms with Gasteiger partial charge in [0.05, 0.1) is 18.0 Å². The second kappa shape index (κ2) is 6.09. The molecule has 1 heterocycles. The van der Waals surface area contributed by atoms with Crippen LogP contribution in [0.25, 0.3) is 0 Å². The zero-order valence-corrected chi connectivity index (χ0v) is 11.8. The number of benzene rings is 1. The number of fused-ring (bicyclic) bond motifs is 1. The molecule has 2 N–H and O–H groups in total. The second-order valence-corrected chi connectivity index (χ2v) is 4.98. The topological polar surface area (TPSA) is 91.2 Å². The maximum atomic E-state index is 12.0. The largest absolute Gasteiger partial charge is 0.461 e. The summed E-state index contributed by atoms with van der Waals surface area (Å²) in [5.41, 5.74) is 0.795. The summed E-state index contributed by atoms with van der Waals surface area (Å²) < 4.78 is 5.01. The third kappa shape index (κ3) is 3.20. The molecule has 108 valence electrons. The van der Waals surface area contributed by atoms with E-state index in [-0.39, 0.29) is 23.8 Å². The Morgan fingerprint density at radius 1 is 1.29 bits per heavy atom. The number of carbonyl (C=O) groups is 2. The summed E-state index contributed by atoms with van der Waals surface area (Å²) in [4.78, 5) is 23.9. The van der Waals surface area contributed by atoms with E-state index < -0.39 is 11.9 Å². The molecule has 0 saturated heterocycles. The van der Waals surface area contributed by atoms with E-state index in [1.807, 2.05) is 13.8 Å². The number of anilines is 2. The fourth-order valence-electron chi connectivity index (χ4n) is 1.77. The average Bonchev–Trinajstić information content (AvgIpc) is 2.46. The molecule has 6 heteroatoms. The Morgan fingerprint density at radius 3 is 2.48 bits per heavy atom. The lowest BCUT2D eigenvalue weighted by molar-refractivity contribution is -0.139. The highest BCUT2D eigenvalue weighted by Crippen LogP contribution is 2.28. The normalized spacial score (nSPS) is 15.4. The maximum absolute atomic E-state index is 12.0. The van der Waals surface area contributed by atoms with Crippen molar-refractivity contribution in [3.63, 3.8) is 0 Å². The highest BCUT2D eigenvalue weighted by atomic mass is 16.5. The predicted molar refractivity (Wildman–Crippen MR) is 77.1 cm³/mol. The van der Waals surface area contributed by atoms with Crippen LogP contribution in [0.3, 0.4) is 0 Å². The molecule has 0 aliphatic carbocycles. The lowest BCUT2D eigenvalue weighted by Gasteiger charge is -2.21. The number of nitrogens with one attached hydrogen (secondary N) is 2. The molecule has 1 aromatic rings. The van der Waals surface area contributed by atoms with Gasteiger partial charge in [-0.05, 0) is 18.1 Å². The molecular formula is C15H15N3O3. The molecule has 0 atom stereocenters. The van der Waals surface area contributed by atoms with Crippen LogP contribution in [0.4, 0.5) is 11.4 Å². The number of hydrogen-bond acceptors (Lipinski definition) is 5. The Bertz CT molecular complexity index is 656. The van der Waals surface area contributed by atoms with Gasteiger partial charge in [-0.2, -0.15) is 5.26 Å². The third-order valence-electron chi connectivity index (χ3n) is 2.78. The molecule has 0 radical (unpaired) electrons. The summed E-state index contributed by atoms with van der Waals surface area (Å²) in [6.45, 7) is 3.96. The van der Waals surface area contributed by atoms with Crippen LogP contribution in [0, 0.1) is 17.2 Å². The molecule has 1 amide bonds. The van der Waals surface area contributed by atoms with Crippen molar-refractivity contribution in [2.75, 3.05) is 17.2 Å². The highest BCUT2D eigenvalue weighted by molar-refractivity contribution is 6.15. The number of carbonyl (C=O) groups excluding carboxylic acids is 2. The number of nitriles is 1. The molecule has 1 aliphatic rings. The van der Waals surface area contributed by atoms with Crippen molar-refractivity contribution in [3.8, 4) is 6.07 Å². The van der Waals surface area contributed by atoms with Crippen molar-refractivity contribution in [2.24, 2.45) is 5.92 Å². The van der Waals surface area contributed by atoms with E-state index in [0.717, 1.165) is 0 Å². The van der Waals surface area contributed by atoms with E-state index in [0.29, 0.717) is 11.4 Å². The molecule has 0 saturated carbocycles. The first-order chi connectivity index (χ1) is 10.0. The van der Waals surface area contributed by atoms with E-state index >= 15 is 0 Å². The highest BCUT2D eigenvalue weighted by Gasteiger charge is 2.27. The van der Waals surface area contributed by atoms with Gasteiger partial charge in [0.2, 0.25) is 0 Å². The van der Waals surface area contributed by atoms with Crippen LogP contribution in [0.15, 0.2) is 35.5 Å². The van der Waals surface area contributed by atoms with Gasteiger partial charge in [0.15, 0.2) is 5.57 Å². The van der Waals surface area contributed by atoms with Crippen LogP contribution >= 0.6 is 0 Å². The average molecular weight is 285 g/mol. The minimum Gasteiger partial charge on any atom is -0.461 e. The van der Waals surface area contributed by atoms with E-state index in [9.17, 15) is 9.59 Å². The number of amides is 1. The van der Waals surface area contributed by atoms with Gasteiger partial charge in [0.1, 0.15) is 11.8 Å². The first-order valence-electron chi connectivity index (χ1n) is 6.51. The second-order valence-electron chi connectivity index (χ2n) is 4.98. The van der Waals surface area contributed by atoms with Crippen molar-refractivity contribution < 1.29 is 14.3 Å². The number of rotatable bonds is 3. The van der Waals surface area contributed by atoms with Gasteiger partial charge in [0, 0.05) is 0 Å². The molecule has 21 heavy (non-hydrogen) atoms. The van der Waals surface area contributed by atoms with Crippen LogP contribution in [-0.4, -0.2) is 18.5 Å². The summed E-state index contributed by atoms with van der Waals surface area (Å²) in [5, 5.41) is 14.6. The Hall–Kier alpha value is -2.81. The minimum atomic E-state index is -0.803. The Balaban J connectivity index is 2.31. The number of ether oxygens (including phenoxy) is 1. The smallest absolute Gasteiger partial charge is 0.351 e. The standard InChI is InChI=1S/C15H15N3O3/c1-9(2)8-21-15(20)10(7-16)13-14(19)18-12-6-4-3-5-11(12)17-13/h3-6,9,17H,8H2,1-2H3,(H,18,19)/b13-10-. The van der Waals surface area contributed by atoms with Crippen LogP contribution < -0.4 is 10.6 Å². The van der Waals surface area contributed by atoms with E-state index in [1.165, 1.54) is 0 Å². The first-order valence-corrected chi connectivity index (χ1v) is 6.51. The van der Waals surface area contributed by atoms with Crippen molar-refractivity contribution in [1.82, 2.24) is 0 Å². The lowest BCUT2D eigenvalue weighted by atomic mass is 10.1. The quantitative estimate of drug-likeness (QED) is 0.503. The zero-order chi connectivity index (χ0) is 15.4.